The monoisotopic (exact) mass is 351 g/mol. The number of carboxylic acid groups (broad SMARTS) is 1. The first-order valence-electron chi connectivity index (χ1n) is 7.51. The van der Waals surface area contributed by atoms with Gasteiger partial charge in [-0.1, -0.05) is 18.2 Å². The Morgan fingerprint density at radius 2 is 1.68 bits per heavy atom. The first-order valence-corrected chi connectivity index (χ1v) is 7.51. The molecule has 0 radical (unpaired) electrons. The minimum Gasteiger partial charge on any atom is -0.493 e. The summed E-state index contributed by atoms with van der Waals surface area (Å²) in [5.74, 6) is -0.727. The van der Waals surface area contributed by atoms with E-state index in [-0.39, 0.29) is 17.1 Å². The lowest BCUT2D eigenvalue weighted by atomic mass is 10.1. The number of carboxylic acids is 1. The lowest BCUT2D eigenvalue weighted by molar-refractivity contribution is -0.0512. The van der Waals surface area contributed by atoms with Crippen LogP contribution in [-0.4, -0.2) is 36.7 Å². The Balaban J connectivity index is 2.04. The van der Waals surface area contributed by atoms with Crippen LogP contribution in [0, 0.1) is 0 Å². The molecule has 0 aliphatic heterocycles. The summed E-state index contributed by atoms with van der Waals surface area (Å²) in [6.07, 6.45) is 0. The number of benzene rings is 2. The molecular formula is C18H19F2NO4. The number of halogens is 2. The summed E-state index contributed by atoms with van der Waals surface area (Å²) in [6, 6.07) is 11.5. The third-order valence-electron chi connectivity index (χ3n) is 3.55. The number of carbonyl (C=O) groups is 1. The predicted molar refractivity (Wildman–Crippen MR) is 88.2 cm³/mol. The van der Waals surface area contributed by atoms with Crippen LogP contribution in [-0.2, 0) is 13.1 Å². The van der Waals surface area contributed by atoms with Gasteiger partial charge in [-0.2, -0.15) is 8.78 Å². The molecule has 0 bridgehead atoms. The maximum Gasteiger partial charge on any atom is 0.387 e. The largest absolute Gasteiger partial charge is 0.493 e. The minimum atomic E-state index is -2.92. The maximum atomic E-state index is 12.5. The van der Waals surface area contributed by atoms with Gasteiger partial charge in [0.2, 0.25) is 0 Å². The molecule has 2 rings (SSSR count). The highest BCUT2D eigenvalue weighted by Gasteiger charge is 2.12. The van der Waals surface area contributed by atoms with Gasteiger partial charge in [0, 0.05) is 13.1 Å². The van der Waals surface area contributed by atoms with Crippen LogP contribution >= 0.6 is 0 Å². The Morgan fingerprint density at radius 3 is 2.24 bits per heavy atom. The fourth-order valence-electron chi connectivity index (χ4n) is 2.44. The zero-order valence-electron chi connectivity index (χ0n) is 13.9. The van der Waals surface area contributed by atoms with Crippen molar-refractivity contribution in [1.82, 2.24) is 4.90 Å². The molecule has 25 heavy (non-hydrogen) atoms. The second kappa shape index (κ2) is 8.43. The molecule has 5 nitrogen and oxygen atoms in total. The second-order valence-electron chi connectivity index (χ2n) is 5.54. The number of aromatic carboxylic acids is 1. The van der Waals surface area contributed by atoms with Crippen LogP contribution < -0.4 is 9.47 Å². The Morgan fingerprint density at radius 1 is 1.08 bits per heavy atom. The van der Waals surface area contributed by atoms with Crippen molar-refractivity contribution in [2.75, 3.05) is 14.2 Å². The Hall–Kier alpha value is -2.67. The highest BCUT2D eigenvalue weighted by molar-refractivity contribution is 5.87. The van der Waals surface area contributed by atoms with Crippen LogP contribution in [0.5, 0.6) is 11.5 Å². The first-order chi connectivity index (χ1) is 11.9. The molecule has 0 heterocycles. The molecule has 2 aromatic rings. The third-order valence-corrected chi connectivity index (χ3v) is 3.55. The van der Waals surface area contributed by atoms with Crippen LogP contribution in [0.1, 0.15) is 21.5 Å². The van der Waals surface area contributed by atoms with Gasteiger partial charge in [0.15, 0.2) is 11.5 Å². The highest BCUT2D eigenvalue weighted by Crippen LogP contribution is 2.30. The number of alkyl halides is 2. The normalized spacial score (nSPS) is 11.0. The highest BCUT2D eigenvalue weighted by atomic mass is 19.3. The summed E-state index contributed by atoms with van der Waals surface area (Å²) in [5.41, 5.74) is 1.97. The summed E-state index contributed by atoms with van der Waals surface area (Å²) < 4.78 is 34.4. The molecule has 0 saturated carbocycles. The van der Waals surface area contributed by atoms with Gasteiger partial charge in [0.05, 0.1) is 12.7 Å². The van der Waals surface area contributed by atoms with Crippen LogP contribution in [0.3, 0.4) is 0 Å². The number of hydrogen-bond donors (Lipinski definition) is 1. The SMILES string of the molecule is COc1ccc(CN(C)Cc2ccc(C(=O)O)cc2)cc1OC(F)F. The van der Waals surface area contributed by atoms with Crippen molar-refractivity contribution in [3.05, 3.63) is 59.2 Å². The van der Waals surface area contributed by atoms with E-state index < -0.39 is 12.6 Å². The molecule has 0 aliphatic rings. The van der Waals surface area contributed by atoms with E-state index in [1.54, 1.807) is 36.4 Å². The standard InChI is InChI=1S/C18H19F2NO4/c1-21(10-12-3-6-14(7-4-12)17(22)23)11-13-5-8-15(24-2)16(9-13)25-18(19)20/h3-9,18H,10-11H2,1-2H3,(H,22,23). The molecule has 0 amide bonds. The van der Waals surface area contributed by atoms with Gasteiger partial charge in [-0.3, -0.25) is 4.90 Å². The van der Waals surface area contributed by atoms with Crippen molar-refractivity contribution in [3.63, 3.8) is 0 Å². The zero-order valence-corrected chi connectivity index (χ0v) is 13.9. The molecule has 0 fully saturated rings. The Bertz CT molecular complexity index is 720. The molecule has 0 spiro atoms. The predicted octanol–water partition coefficient (Wildman–Crippen LogP) is 3.63. The molecule has 0 aromatic heterocycles. The van der Waals surface area contributed by atoms with E-state index in [0.717, 1.165) is 11.1 Å². The van der Waals surface area contributed by atoms with Crippen LogP contribution in [0.25, 0.3) is 0 Å². The van der Waals surface area contributed by atoms with E-state index in [1.165, 1.54) is 13.2 Å². The topological polar surface area (TPSA) is 59.0 Å². The number of ether oxygens (including phenoxy) is 2. The number of methoxy groups -OCH3 is 1. The minimum absolute atomic E-state index is 0.00536. The first kappa shape index (κ1) is 18.7. The van der Waals surface area contributed by atoms with E-state index in [1.807, 2.05) is 11.9 Å². The lowest BCUT2D eigenvalue weighted by Crippen LogP contribution is -2.17. The van der Waals surface area contributed by atoms with Crippen molar-refractivity contribution in [2.24, 2.45) is 0 Å². The van der Waals surface area contributed by atoms with Crippen molar-refractivity contribution < 1.29 is 28.2 Å². The molecule has 1 N–H and O–H groups in total. The lowest BCUT2D eigenvalue weighted by Gasteiger charge is -2.18. The van der Waals surface area contributed by atoms with E-state index >= 15 is 0 Å². The van der Waals surface area contributed by atoms with Crippen molar-refractivity contribution in [1.29, 1.82) is 0 Å². The summed E-state index contributed by atoms with van der Waals surface area (Å²) >= 11 is 0. The molecule has 0 aliphatic carbocycles. The van der Waals surface area contributed by atoms with Crippen molar-refractivity contribution >= 4 is 5.97 Å². The second-order valence-corrected chi connectivity index (χ2v) is 5.54. The van der Waals surface area contributed by atoms with Crippen LogP contribution in [0.4, 0.5) is 8.78 Å². The molecule has 134 valence electrons. The maximum absolute atomic E-state index is 12.5. The van der Waals surface area contributed by atoms with E-state index in [9.17, 15) is 13.6 Å². The average Bonchev–Trinajstić information content (AvgIpc) is 2.55. The fourth-order valence-corrected chi connectivity index (χ4v) is 2.44. The van der Waals surface area contributed by atoms with E-state index in [0.29, 0.717) is 13.1 Å². The third kappa shape index (κ3) is 5.42. The average molecular weight is 351 g/mol. The Labute approximate surface area is 144 Å². The van der Waals surface area contributed by atoms with Crippen molar-refractivity contribution in [3.8, 4) is 11.5 Å². The van der Waals surface area contributed by atoms with Gasteiger partial charge in [-0.05, 0) is 42.4 Å². The Kier molecular flexibility index (Phi) is 6.30. The van der Waals surface area contributed by atoms with Gasteiger partial charge >= 0.3 is 12.6 Å². The van der Waals surface area contributed by atoms with Crippen LogP contribution in [0.15, 0.2) is 42.5 Å². The van der Waals surface area contributed by atoms with Crippen LogP contribution in [0.2, 0.25) is 0 Å². The van der Waals surface area contributed by atoms with Gasteiger partial charge in [-0.15, -0.1) is 0 Å². The van der Waals surface area contributed by atoms with Crippen molar-refractivity contribution in [2.45, 2.75) is 19.7 Å². The molecule has 0 saturated heterocycles. The van der Waals surface area contributed by atoms with E-state index in [2.05, 4.69) is 4.74 Å². The van der Waals surface area contributed by atoms with Gasteiger partial charge in [-0.25, -0.2) is 4.79 Å². The van der Waals surface area contributed by atoms with Gasteiger partial charge in [0.25, 0.3) is 0 Å². The van der Waals surface area contributed by atoms with Gasteiger partial charge in [0.1, 0.15) is 0 Å². The summed E-state index contributed by atoms with van der Waals surface area (Å²) in [4.78, 5) is 12.8. The summed E-state index contributed by atoms with van der Waals surface area (Å²) in [5, 5.41) is 8.90. The number of nitrogens with zero attached hydrogens (tertiary/aromatic N) is 1. The smallest absolute Gasteiger partial charge is 0.387 e. The molecule has 7 heteroatoms. The zero-order chi connectivity index (χ0) is 18.4. The number of hydrogen-bond acceptors (Lipinski definition) is 4. The van der Waals surface area contributed by atoms with E-state index in [4.69, 9.17) is 9.84 Å². The molecule has 0 atom stereocenters. The molecular weight excluding hydrogens is 332 g/mol. The summed E-state index contributed by atoms with van der Waals surface area (Å²) in [6.45, 7) is -1.84. The molecule has 2 aromatic carbocycles. The number of rotatable bonds is 8. The fraction of sp³-hybridized carbons (Fsp3) is 0.278. The summed E-state index contributed by atoms with van der Waals surface area (Å²) in [7, 11) is 3.27. The quantitative estimate of drug-likeness (QED) is 0.787. The van der Waals surface area contributed by atoms with Gasteiger partial charge < -0.3 is 14.6 Å². The molecule has 0 unspecified atom stereocenters.